The molecule has 3 unspecified atom stereocenters. The Kier molecular flexibility index (Phi) is 4.64. The number of hydrogen-bond donors (Lipinski definition) is 1. The van der Waals surface area contributed by atoms with Crippen molar-refractivity contribution < 1.29 is 13.6 Å². The highest BCUT2D eigenvalue weighted by Crippen LogP contribution is 2.59. The Morgan fingerprint density at radius 3 is 2.81 bits per heavy atom. The summed E-state index contributed by atoms with van der Waals surface area (Å²) in [6, 6.07) is 4.04. The summed E-state index contributed by atoms with van der Waals surface area (Å²) >= 11 is 5.47. The van der Waals surface area contributed by atoms with Crippen LogP contribution in [-0.2, 0) is 4.79 Å². The fourth-order valence-corrected chi connectivity index (χ4v) is 4.58. The standard InChI is InChI=1S/C18H22F2N4OS/c19-18(20)13-9-23(10-14(13)18)11-16(25)22-17(26)24-7-2-1-5-15(24)12-4-3-6-21-8-12/h3-4,6,8,13-15H,1-2,5,7,9-11H2,(H,22,25,26). The minimum absolute atomic E-state index is 0.114. The van der Waals surface area contributed by atoms with Gasteiger partial charge in [-0.2, -0.15) is 0 Å². The molecular formula is C18H22F2N4OS. The first-order valence-corrected chi connectivity index (χ1v) is 9.48. The van der Waals surface area contributed by atoms with Crippen molar-refractivity contribution in [1.82, 2.24) is 20.1 Å². The molecule has 140 valence electrons. The van der Waals surface area contributed by atoms with E-state index in [9.17, 15) is 13.6 Å². The summed E-state index contributed by atoms with van der Waals surface area (Å²) in [6.45, 7) is 1.49. The Morgan fingerprint density at radius 2 is 2.12 bits per heavy atom. The molecule has 5 nitrogen and oxygen atoms in total. The largest absolute Gasteiger partial charge is 0.342 e. The van der Waals surface area contributed by atoms with Crippen molar-refractivity contribution in [3.63, 3.8) is 0 Å². The molecule has 1 amide bonds. The third-order valence-electron chi connectivity index (χ3n) is 5.72. The van der Waals surface area contributed by atoms with Crippen molar-refractivity contribution in [1.29, 1.82) is 0 Å². The second-order valence-electron chi connectivity index (χ2n) is 7.43. The smallest absolute Gasteiger partial charge is 0.257 e. The molecule has 26 heavy (non-hydrogen) atoms. The summed E-state index contributed by atoms with van der Waals surface area (Å²) in [5.74, 6) is -3.89. The average Bonchev–Trinajstić information content (AvgIpc) is 2.98. The molecule has 8 heteroatoms. The number of hydrogen-bond acceptors (Lipinski definition) is 4. The van der Waals surface area contributed by atoms with Crippen LogP contribution in [0.25, 0.3) is 0 Å². The number of thiocarbonyl (C=S) groups is 1. The van der Waals surface area contributed by atoms with Crippen molar-refractivity contribution in [2.24, 2.45) is 11.8 Å². The van der Waals surface area contributed by atoms with E-state index in [-0.39, 0.29) is 18.5 Å². The maximum Gasteiger partial charge on any atom is 0.257 e. The van der Waals surface area contributed by atoms with Gasteiger partial charge in [-0.3, -0.25) is 14.7 Å². The second-order valence-corrected chi connectivity index (χ2v) is 7.81. The van der Waals surface area contributed by atoms with Gasteiger partial charge in [-0.15, -0.1) is 0 Å². The van der Waals surface area contributed by atoms with Gasteiger partial charge in [0, 0.05) is 43.9 Å². The lowest BCUT2D eigenvalue weighted by Gasteiger charge is -2.37. The maximum absolute atomic E-state index is 13.2. The summed E-state index contributed by atoms with van der Waals surface area (Å²) in [4.78, 5) is 20.3. The number of nitrogens with one attached hydrogen (secondary N) is 1. The zero-order chi connectivity index (χ0) is 18.3. The van der Waals surface area contributed by atoms with E-state index < -0.39 is 17.8 Å². The number of nitrogens with zero attached hydrogens (tertiary/aromatic N) is 3. The lowest BCUT2D eigenvalue weighted by atomic mass is 9.97. The Morgan fingerprint density at radius 1 is 1.35 bits per heavy atom. The minimum atomic E-state index is -2.52. The highest BCUT2D eigenvalue weighted by Gasteiger charge is 2.71. The number of carbonyl (C=O) groups is 1. The Bertz CT molecular complexity index is 688. The van der Waals surface area contributed by atoms with Gasteiger partial charge in [0.05, 0.1) is 12.6 Å². The van der Waals surface area contributed by atoms with Crippen molar-refractivity contribution in [3.05, 3.63) is 30.1 Å². The molecule has 1 saturated carbocycles. The second kappa shape index (κ2) is 6.81. The highest BCUT2D eigenvalue weighted by atomic mass is 32.1. The van der Waals surface area contributed by atoms with Crippen LogP contribution in [0.2, 0.25) is 0 Å². The van der Waals surface area contributed by atoms with Crippen LogP contribution in [0.4, 0.5) is 8.78 Å². The summed E-state index contributed by atoms with van der Waals surface area (Å²) in [7, 11) is 0. The van der Waals surface area contributed by atoms with Crippen molar-refractivity contribution in [2.45, 2.75) is 31.2 Å². The van der Waals surface area contributed by atoms with Crippen molar-refractivity contribution in [3.8, 4) is 0 Å². The van der Waals surface area contributed by atoms with Crippen LogP contribution in [0, 0.1) is 11.8 Å². The number of piperidine rings is 2. The Balaban J connectivity index is 1.32. The molecule has 2 saturated heterocycles. The summed E-state index contributed by atoms with van der Waals surface area (Å²) < 4.78 is 26.5. The van der Waals surface area contributed by atoms with Crippen LogP contribution < -0.4 is 5.32 Å². The predicted octanol–water partition coefficient (Wildman–Crippen LogP) is 2.21. The van der Waals surface area contributed by atoms with Crippen molar-refractivity contribution >= 4 is 23.2 Å². The first-order valence-electron chi connectivity index (χ1n) is 9.07. The van der Waals surface area contributed by atoms with Gasteiger partial charge < -0.3 is 10.2 Å². The van der Waals surface area contributed by atoms with Crippen molar-refractivity contribution in [2.75, 3.05) is 26.2 Å². The van der Waals surface area contributed by atoms with Crippen LogP contribution in [-0.4, -0.2) is 57.9 Å². The molecule has 1 aromatic heterocycles. The SMILES string of the molecule is O=C(CN1CC2C(C1)C2(F)F)NC(=S)N1CCCCC1c1cccnc1. The summed E-state index contributed by atoms with van der Waals surface area (Å²) in [5, 5.41) is 3.21. The van der Waals surface area contributed by atoms with Crippen LogP contribution in [0.5, 0.6) is 0 Å². The third kappa shape index (κ3) is 3.32. The number of rotatable bonds is 3. The fourth-order valence-electron chi connectivity index (χ4n) is 4.25. The van der Waals surface area contributed by atoms with Crippen LogP contribution >= 0.6 is 12.2 Å². The number of alkyl halides is 2. The summed E-state index contributed by atoms with van der Waals surface area (Å²) in [6.07, 6.45) is 6.67. The number of fused-ring (bicyclic) bond motifs is 1. The molecular weight excluding hydrogens is 358 g/mol. The van der Waals surface area contributed by atoms with Gasteiger partial charge in [0.2, 0.25) is 5.91 Å². The predicted molar refractivity (Wildman–Crippen MR) is 96.6 cm³/mol. The normalized spacial score (nSPS) is 29.9. The number of halogens is 2. The van der Waals surface area contributed by atoms with Gasteiger partial charge in [-0.25, -0.2) is 8.78 Å². The van der Waals surface area contributed by atoms with Crippen LogP contribution in [0.3, 0.4) is 0 Å². The molecule has 1 aromatic rings. The van der Waals surface area contributed by atoms with Gasteiger partial charge >= 0.3 is 0 Å². The molecule has 0 spiro atoms. The number of pyridine rings is 1. The molecule has 4 rings (SSSR count). The quantitative estimate of drug-likeness (QED) is 0.815. The molecule has 2 aliphatic heterocycles. The Hall–Kier alpha value is -1.67. The fraction of sp³-hybridized carbons (Fsp3) is 0.611. The lowest BCUT2D eigenvalue weighted by Crippen LogP contribution is -2.49. The van der Waals surface area contributed by atoms with Crippen LogP contribution in [0.1, 0.15) is 30.9 Å². The number of carbonyl (C=O) groups excluding carboxylic acids is 1. The van der Waals surface area contributed by atoms with Gasteiger partial charge in [0.25, 0.3) is 5.92 Å². The van der Waals surface area contributed by atoms with Gasteiger partial charge in [0.1, 0.15) is 0 Å². The van der Waals surface area contributed by atoms with E-state index in [4.69, 9.17) is 12.2 Å². The number of amides is 1. The van der Waals surface area contributed by atoms with Gasteiger partial charge in [-0.1, -0.05) is 6.07 Å². The molecule has 1 N–H and O–H groups in total. The molecule has 0 radical (unpaired) electrons. The van der Waals surface area contributed by atoms with E-state index in [1.54, 1.807) is 11.1 Å². The highest BCUT2D eigenvalue weighted by molar-refractivity contribution is 7.80. The van der Waals surface area contributed by atoms with E-state index in [2.05, 4.69) is 10.3 Å². The van der Waals surface area contributed by atoms with Gasteiger partial charge in [-0.05, 0) is 43.1 Å². The number of aromatic nitrogens is 1. The van der Waals surface area contributed by atoms with E-state index in [0.717, 1.165) is 31.4 Å². The first kappa shape index (κ1) is 17.7. The lowest BCUT2D eigenvalue weighted by molar-refractivity contribution is -0.121. The average molecular weight is 380 g/mol. The van der Waals surface area contributed by atoms with E-state index in [0.29, 0.717) is 18.2 Å². The van der Waals surface area contributed by atoms with Gasteiger partial charge in [0.15, 0.2) is 5.11 Å². The molecule has 1 aliphatic carbocycles. The zero-order valence-electron chi connectivity index (χ0n) is 14.4. The minimum Gasteiger partial charge on any atom is -0.342 e. The zero-order valence-corrected chi connectivity index (χ0v) is 15.2. The van der Waals surface area contributed by atoms with E-state index >= 15 is 0 Å². The molecule has 3 fully saturated rings. The molecule has 3 atom stereocenters. The maximum atomic E-state index is 13.2. The van der Waals surface area contributed by atoms with E-state index in [1.165, 1.54) is 0 Å². The van der Waals surface area contributed by atoms with E-state index in [1.807, 2.05) is 23.2 Å². The summed E-state index contributed by atoms with van der Waals surface area (Å²) in [5.41, 5.74) is 1.09. The Labute approximate surface area is 156 Å². The molecule has 0 aromatic carbocycles. The monoisotopic (exact) mass is 380 g/mol. The molecule has 3 aliphatic rings. The first-order chi connectivity index (χ1) is 12.5. The third-order valence-corrected chi connectivity index (χ3v) is 6.06. The number of likely N-dealkylation sites (tertiary alicyclic amines) is 2. The molecule has 3 heterocycles. The topological polar surface area (TPSA) is 48.5 Å². The van der Waals surface area contributed by atoms with Crippen LogP contribution in [0.15, 0.2) is 24.5 Å². The molecule has 0 bridgehead atoms.